The molecule has 0 saturated carbocycles. The molecular weight excluding hydrogens is 324 g/mol. The molecule has 3 rings (SSSR count). The molecule has 0 aliphatic carbocycles. The SMILES string of the molecule is CC[C@H]1CN(C(=O)c2ccc(-c3ccc(O)cc3)cc2)CCN1C(C)C. The minimum Gasteiger partial charge on any atom is -0.508 e. The monoisotopic (exact) mass is 352 g/mol. The van der Waals surface area contributed by atoms with Crippen molar-refractivity contribution >= 4 is 5.91 Å². The molecule has 1 aliphatic heterocycles. The van der Waals surface area contributed by atoms with E-state index in [1.165, 1.54) is 0 Å². The lowest BCUT2D eigenvalue weighted by Crippen LogP contribution is -2.56. The minimum atomic E-state index is 0.115. The number of rotatable bonds is 4. The summed E-state index contributed by atoms with van der Waals surface area (Å²) in [6, 6.07) is 15.8. The van der Waals surface area contributed by atoms with Crippen molar-refractivity contribution in [2.45, 2.75) is 39.3 Å². The smallest absolute Gasteiger partial charge is 0.253 e. The molecular formula is C22H28N2O2. The fourth-order valence-electron chi connectivity index (χ4n) is 3.74. The van der Waals surface area contributed by atoms with Crippen molar-refractivity contribution in [3.63, 3.8) is 0 Å². The Hall–Kier alpha value is -2.33. The summed E-state index contributed by atoms with van der Waals surface area (Å²) >= 11 is 0. The van der Waals surface area contributed by atoms with Gasteiger partial charge in [-0.05, 0) is 55.7 Å². The number of hydrogen-bond donors (Lipinski definition) is 1. The van der Waals surface area contributed by atoms with Gasteiger partial charge in [0.2, 0.25) is 0 Å². The van der Waals surface area contributed by atoms with Gasteiger partial charge in [-0.1, -0.05) is 31.2 Å². The van der Waals surface area contributed by atoms with Crippen molar-refractivity contribution in [3.05, 3.63) is 54.1 Å². The largest absolute Gasteiger partial charge is 0.508 e. The number of amides is 1. The maximum atomic E-state index is 12.9. The van der Waals surface area contributed by atoms with Gasteiger partial charge in [-0.3, -0.25) is 9.69 Å². The predicted octanol–water partition coefficient (Wildman–Crippen LogP) is 4.00. The molecule has 0 aromatic heterocycles. The first-order valence-electron chi connectivity index (χ1n) is 9.44. The van der Waals surface area contributed by atoms with Crippen molar-refractivity contribution in [1.82, 2.24) is 9.80 Å². The Kier molecular flexibility index (Phi) is 5.62. The topological polar surface area (TPSA) is 43.8 Å². The van der Waals surface area contributed by atoms with E-state index in [1.54, 1.807) is 12.1 Å². The van der Waals surface area contributed by atoms with Gasteiger partial charge in [0.15, 0.2) is 0 Å². The Labute approximate surface area is 156 Å². The number of hydrogen-bond acceptors (Lipinski definition) is 3. The molecule has 4 heteroatoms. The number of phenols is 1. The molecule has 1 N–H and O–H groups in total. The number of carbonyl (C=O) groups is 1. The normalized spacial score (nSPS) is 18.3. The van der Waals surface area contributed by atoms with E-state index in [4.69, 9.17) is 0 Å². The standard InChI is InChI=1S/C22H28N2O2/c1-4-20-15-23(13-14-24(20)16(2)3)22(26)19-7-5-17(6-8-19)18-9-11-21(25)12-10-18/h5-12,16,20,25H,4,13-15H2,1-3H3/t20-/m0/s1. The minimum absolute atomic E-state index is 0.115. The predicted molar refractivity (Wildman–Crippen MR) is 105 cm³/mol. The van der Waals surface area contributed by atoms with Gasteiger partial charge in [0.05, 0.1) is 0 Å². The van der Waals surface area contributed by atoms with Gasteiger partial charge in [-0.25, -0.2) is 0 Å². The van der Waals surface area contributed by atoms with Crippen molar-refractivity contribution in [2.75, 3.05) is 19.6 Å². The highest BCUT2D eigenvalue weighted by molar-refractivity contribution is 5.94. The van der Waals surface area contributed by atoms with Crippen LogP contribution in [0.1, 0.15) is 37.6 Å². The van der Waals surface area contributed by atoms with E-state index in [-0.39, 0.29) is 11.7 Å². The highest BCUT2D eigenvalue weighted by atomic mass is 16.3. The summed E-state index contributed by atoms with van der Waals surface area (Å²) in [7, 11) is 0. The van der Waals surface area contributed by atoms with Crippen LogP contribution >= 0.6 is 0 Å². The lowest BCUT2D eigenvalue weighted by atomic mass is 10.0. The summed E-state index contributed by atoms with van der Waals surface area (Å²) < 4.78 is 0. The van der Waals surface area contributed by atoms with Crippen molar-refractivity contribution in [2.24, 2.45) is 0 Å². The molecule has 0 spiro atoms. The van der Waals surface area contributed by atoms with E-state index in [1.807, 2.05) is 41.3 Å². The molecule has 1 atom stereocenters. The zero-order valence-corrected chi connectivity index (χ0v) is 15.9. The van der Waals surface area contributed by atoms with E-state index < -0.39 is 0 Å². The molecule has 4 nitrogen and oxygen atoms in total. The van der Waals surface area contributed by atoms with Crippen LogP contribution in [0.2, 0.25) is 0 Å². The highest BCUT2D eigenvalue weighted by Gasteiger charge is 2.30. The van der Waals surface area contributed by atoms with Gasteiger partial charge in [0, 0.05) is 37.3 Å². The Balaban J connectivity index is 1.71. The molecule has 0 unspecified atom stereocenters. The van der Waals surface area contributed by atoms with Crippen LogP contribution in [0.5, 0.6) is 5.75 Å². The average Bonchev–Trinajstić information content (AvgIpc) is 2.67. The third-order valence-corrected chi connectivity index (χ3v) is 5.28. The lowest BCUT2D eigenvalue weighted by molar-refractivity contribution is 0.0371. The first kappa shape index (κ1) is 18.5. The van der Waals surface area contributed by atoms with Crippen LogP contribution in [0, 0.1) is 0 Å². The van der Waals surface area contributed by atoms with Crippen LogP contribution in [0.15, 0.2) is 48.5 Å². The van der Waals surface area contributed by atoms with Crippen LogP contribution in [-0.4, -0.2) is 52.5 Å². The number of phenolic OH excluding ortho intramolecular Hbond substituents is 1. The number of carbonyl (C=O) groups excluding carboxylic acids is 1. The second kappa shape index (κ2) is 7.92. The van der Waals surface area contributed by atoms with Crippen molar-refractivity contribution < 1.29 is 9.90 Å². The van der Waals surface area contributed by atoms with Gasteiger partial charge < -0.3 is 10.0 Å². The zero-order valence-electron chi connectivity index (χ0n) is 15.9. The molecule has 1 amide bonds. The third-order valence-electron chi connectivity index (χ3n) is 5.28. The molecule has 1 aliphatic rings. The molecule has 2 aromatic rings. The summed E-state index contributed by atoms with van der Waals surface area (Å²) in [6.45, 7) is 9.17. The number of aromatic hydroxyl groups is 1. The maximum Gasteiger partial charge on any atom is 0.253 e. The van der Waals surface area contributed by atoms with Crippen molar-refractivity contribution in [1.29, 1.82) is 0 Å². The van der Waals surface area contributed by atoms with E-state index >= 15 is 0 Å². The second-order valence-corrected chi connectivity index (χ2v) is 7.27. The molecule has 26 heavy (non-hydrogen) atoms. The van der Waals surface area contributed by atoms with E-state index in [0.717, 1.165) is 42.7 Å². The van der Waals surface area contributed by atoms with Crippen LogP contribution in [0.25, 0.3) is 11.1 Å². The summed E-state index contributed by atoms with van der Waals surface area (Å²) in [6.07, 6.45) is 1.06. The number of piperazine rings is 1. The lowest BCUT2D eigenvalue weighted by Gasteiger charge is -2.43. The van der Waals surface area contributed by atoms with E-state index in [9.17, 15) is 9.90 Å². The molecule has 0 radical (unpaired) electrons. The van der Waals surface area contributed by atoms with Crippen LogP contribution in [0.4, 0.5) is 0 Å². The van der Waals surface area contributed by atoms with Crippen LogP contribution in [-0.2, 0) is 0 Å². The number of nitrogens with zero attached hydrogens (tertiary/aromatic N) is 2. The Morgan fingerprint density at radius 2 is 1.62 bits per heavy atom. The highest BCUT2D eigenvalue weighted by Crippen LogP contribution is 2.23. The van der Waals surface area contributed by atoms with Gasteiger partial charge in [-0.2, -0.15) is 0 Å². The van der Waals surface area contributed by atoms with Gasteiger partial charge in [0.1, 0.15) is 5.75 Å². The van der Waals surface area contributed by atoms with Gasteiger partial charge in [0.25, 0.3) is 5.91 Å². The summed E-state index contributed by atoms with van der Waals surface area (Å²) in [5.74, 6) is 0.371. The Morgan fingerprint density at radius 3 is 2.15 bits per heavy atom. The summed E-state index contributed by atoms with van der Waals surface area (Å²) in [5.41, 5.74) is 2.80. The van der Waals surface area contributed by atoms with Crippen molar-refractivity contribution in [3.8, 4) is 16.9 Å². The molecule has 2 aromatic carbocycles. The first-order valence-corrected chi connectivity index (χ1v) is 9.44. The summed E-state index contributed by atoms with van der Waals surface area (Å²) in [4.78, 5) is 17.4. The Bertz CT molecular complexity index is 738. The van der Waals surface area contributed by atoms with Crippen LogP contribution in [0.3, 0.4) is 0 Å². The average molecular weight is 352 g/mol. The Morgan fingerprint density at radius 1 is 1.04 bits per heavy atom. The quantitative estimate of drug-likeness (QED) is 0.904. The number of benzene rings is 2. The van der Waals surface area contributed by atoms with Gasteiger partial charge in [-0.15, -0.1) is 0 Å². The maximum absolute atomic E-state index is 12.9. The fourth-order valence-corrected chi connectivity index (χ4v) is 3.74. The van der Waals surface area contributed by atoms with Crippen LogP contribution < -0.4 is 0 Å². The molecule has 0 bridgehead atoms. The van der Waals surface area contributed by atoms with Gasteiger partial charge >= 0.3 is 0 Å². The molecule has 1 saturated heterocycles. The first-order chi connectivity index (χ1) is 12.5. The summed E-state index contributed by atoms with van der Waals surface area (Å²) in [5, 5.41) is 9.41. The molecule has 1 fully saturated rings. The molecule has 1 heterocycles. The molecule has 138 valence electrons. The van der Waals surface area contributed by atoms with E-state index in [0.29, 0.717) is 12.1 Å². The van der Waals surface area contributed by atoms with E-state index in [2.05, 4.69) is 25.7 Å². The second-order valence-electron chi connectivity index (χ2n) is 7.27. The third kappa shape index (κ3) is 3.91. The fraction of sp³-hybridized carbons (Fsp3) is 0.409. The zero-order chi connectivity index (χ0) is 18.7.